The van der Waals surface area contributed by atoms with E-state index in [-0.39, 0.29) is 13.2 Å². The first-order chi connectivity index (χ1) is 9.49. The number of ether oxygens (including phenoxy) is 2. The Bertz CT molecular complexity index is 445. The van der Waals surface area contributed by atoms with E-state index < -0.39 is 12.2 Å². The summed E-state index contributed by atoms with van der Waals surface area (Å²) in [5.41, 5.74) is 11.9. The van der Waals surface area contributed by atoms with Gasteiger partial charge in [0.05, 0.1) is 13.1 Å². The second-order valence-electron chi connectivity index (χ2n) is 4.16. The Labute approximate surface area is 117 Å². The van der Waals surface area contributed by atoms with Crippen LogP contribution < -0.4 is 16.4 Å². The maximum atomic E-state index is 10.6. The molecule has 4 N–H and O–H groups in total. The van der Waals surface area contributed by atoms with Gasteiger partial charge < -0.3 is 25.8 Å². The zero-order valence-corrected chi connectivity index (χ0v) is 11.4. The van der Waals surface area contributed by atoms with E-state index in [4.69, 9.17) is 20.9 Å². The fourth-order valence-electron chi connectivity index (χ4n) is 1.71. The first-order valence-electron chi connectivity index (χ1n) is 6.15. The Morgan fingerprint density at radius 1 is 1.10 bits per heavy atom. The summed E-state index contributed by atoms with van der Waals surface area (Å²) in [6, 6.07) is 7.79. The van der Waals surface area contributed by atoms with Gasteiger partial charge in [-0.05, 0) is 24.6 Å². The van der Waals surface area contributed by atoms with Gasteiger partial charge in [-0.25, -0.2) is 9.59 Å². The number of anilines is 1. The number of nitrogens with zero attached hydrogens (tertiary/aromatic N) is 1. The molecule has 20 heavy (non-hydrogen) atoms. The number of aryl methyl sites for hydroxylation is 1. The van der Waals surface area contributed by atoms with Crippen molar-refractivity contribution in [2.24, 2.45) is 11.5 Å². The standard InChI is InChI=1S/C13H19N3O4/c1-10-3-2-4-11(9-10)16(5-7-19-12(14)17)6-8-20-13(15)18/h2-4,9H,5-8H2,1H3,(H2,14,17)(H2,15,18). The highest BCUT2D eigenvalue weighted by molar-refractivity contribution is 5.65. The van der Waals surface area contributed by atoms with E-state index in [1.165, 1.54) is 0 Å². The Morgan fingerprint density at radius 2 is 1.65 bits per heavy atom. The van der Waals surface area contributed by atoms with Gasteiger partial charge in [0.2, 0.25) is 0 Å². The van der Waals surface area contributed by atoms with Crippen molar-refractivity contribution in [1.82, 2.24) is 0 Å². The molecule has 0 aliphatic heterocycles. The van der Waals surface area contributed by atoms with Crippen LogP contribution in [0.15, 0.2) is 24.3 Å². The average Bonchev–Trinajstić information content (AvgIpc) is 2.36. The average molecular weight is 281 g/mol. The third-order valence-electron chi connectivity index (χ3n) is 2.58. The molecule has 0 aliphatic rings. The van der Waals surface area contributed by atoms with Crippen LogP contribution in [0.2, 0.25) is 0 Å². The van der Waals surface area contributed by atoms with Crippen molar-refractivity contribution in [3.8, 4) is 0 Å². The Morgan fingerprint density at radius 3 is 2.10 bits per heavy atom. The zero-order chi connectivity index (χ0) is 15.0. The predicted octanol–water partition coefficient (Wildman–Crippen LogP) is 0.992. The smallest absolute Gasteiger partial charge is 0.404 e. The van der Waals surface area contributed by atoms with Crippen LogP contribution in [0.4, 0.5) is 15.3 Å². The van der Waals surface area contributed by atoms with Crippen LogP contribution in [0.25, 0.3) is 0 Å². The number of amides is 2. The minimum Gasteiger partial charge on any atom is -0.448 e. The third-order valence-corrected chi connectivity index (χ3v) is 2.58. The molecule has 0 fully saturated rings. The van der Waals surface area contributed by atoms with Crippen molar-refractivity contribution in [2.45, 2.75) is 6.92 Å². The van der Waals surface area contributed by atoms with E-state index in [1.807, 2.05) is 36.1 Å². The molecule has 1 rings (SSSR count). The van der Waals surface area contributed by atoms with Gasteiger partial charge in [0.1, 0.15) is 13.2 Å². The lowest BCUT2D eigenvalue weighted by atomic mass is 10.2. The van der Waals surface area contributed by atoms with Gasteiger partial charge in [0.15, 0.2) is 0 Å². The highest BCUT2D eigenvalue weighted by atomic mass is 16.5. The number of benzene rings is 1. The molecule has 0 saturated heterocycles. The lowest BCUT2D eigenvalue weighted by Crippen LogP contribution is -2.33. The van der Waals surface area contributed by atoms with E-state index in [0.29, 0.717) is 13.1 Å². The molecule has 0 spiro atoms. The molecule has 110 valence electrons. The summed E-state index contributed by atoms with van der Waals surface area (Å²) >= 11 is 0. The van der Waals surface area contributed by atoms with Gasteiger partial charge in [0.25, 0.3) is 0 Å². The molecule has 1 aromatic carbocycles. The molecule has 0 radical (unpaired) electrons. The Balaban J connectivity index is 2.62. The van der Waals surface area contributed by atoms with Crippen molar-refractivity contribution in [1.29, 1.82) is 0 Å². The van der Waals surface area contributed by atoms with Crippen molar-refractivity contribution < 1.29 is 19.1 Å². The number of carbonyl (C=O) groups is 2. The van der Waals surface area contributed by atoms with Gasteiger partial charge in [-0.2, -0.15) is 0 Å². The van der Waals surface area contributed by atoms with Gasteiger partial charge in [-0.3, -0.25) is 0 Å². The van der Waals surface area contributed by atoms with Gasteiger partial charge >= 0.3 is 12.2 Å². The van der Waals surface area contributed by atoms with E-state index in [2.05, 4.69) is 0 Å². The molecule has 0 heterocycles. The summed E-state index contributed by atoms with van der Waals surface area (Å²) in [5.74, 6) is 0. The highest BCUT2D eigenvalue weighted by Crippen LogP contribution is 2.15. The lowest BCUT2D eigenvalue weighted by molar-refractivity contribution is 0.154. The van der Waals surface area contributed by atoms with Gasteiger partial charge in [0, 0.05) is 5.69 Å². The van der Waals surface area contributed by atoms with Crippen molar-refractivity contribution in [3.63, 3.8) is 0 Å². The lowest BCUT2D eigenvalue weighted by Gasteiger charge is -2.24. The molecule has 7 heteroatoms. The SMILES string of the molecule is Cc1cccc(N(CCOC(N)=O)CCOC(N)=O)c1. The van der Waals surface area contributed by atoms with E-state index in [9.17, 15) is 9.59 Å². The zero-order valence-electron chi connectivity index (χ0n) is 11.4. The summed E-state index contributed by atoms with van der Waals surface area (Å²) in [4.78, 5) is 23.1. The molecule has 7 nitrogen and oxygen atoms in total. The normalized spacial score (nSPS) is 9.85. The van der Waals surface area contributed by atoms with Crippen LogP contribution >= 0.6 is 0 Å². The molecule has 0 aromatic heterocycles. The Hall–Kier alpha value is -2.44. The second kappa shape index (κ2) is 7.88. The molecular formula is C13H19N3O4. The van der Waals surface area contributed by atoms with Gasteiger partial charge in [-0.1, -0.05) is 12.1 Å². The van der Waals surface area contributed by atoms with E-state index in [0.717, 1.165) is 11.3 Å². The van der Waals surface area contributed by atoms with E-state index >= 15 is 0 Å². The fraction of sp³-hybridized carbons (Fsp3) is 0.385. The summed E-state index contributed by atoms with van der Waals surface area (Å²) in [5, 5.41) is 0. The highest BCUT2D eigenvalue weighted by Gasteiger charge is 2.08. The molecule has 0 aliphatic carbocycles. The van der Waals surface area contributed by atoms with Crippen LogP contribution in [0, 0.1) is 6.92 Å². The van der Waals surface area contributed by atoms with Crippen LogP contribution in [0.1, 0.15) is 5.56 Å². The largest absolute Gasteiger partial charge is 0.448 e. The first-order valence-corrected chi connectivity index (χ1v) is 6.15. The minimum atomic E-state index is -0.817. The molecule has 1 aromatic rings. The van der Waals surface area contributed by atoms with E-state index in [1.54, 1.807) is 0 Å². The fourth-order valence-corrected chi connectivity index (χ4v) is 1.71. The third kappa shape index (κ3) is 5.94. The quantitative estimate of drug-likeness (QED) is 0.775. The van der Waals surface area contributed by atoms with Crippen molar-refractivity contribution in [2.75, 3.05) is 31.2 Å². The number of primary amides is 2. The molecule has 0 bridgehead atoms. The molecule has 0 unspecified atom stereocenters. The number of rotatable bonds is 7. The number of hydrogen-bond acceptors (Lipinski definition) is 5. The molecule has 0 atom stereocenters. The maximum absolute atomic E-state index is 10.6. The first kappa shape index (κ1) is 15.6. The Kier molecular flexibility index (Phi) is 6.15. The molecular weight excluding hydrogens is 262 g/mol. The maximum Gasteiger partial charge on any atom is 0.404 e. The number of carbonyl (C=O) groups excluding carboxylic acids is 2. The van der Waals surface area contributed by atoms with Crippen LogP contribution in [0.3, 0.4) is 0 Å². The summed E-state index contributed by atoms with van der Waals surface area (Å²) in [7, 11) is 0. The minimum absolute atomic E-state index is 0.153. The predicted molar refractivity (Wildman–Crippen MR) is 74.5 cm³/mol. The van der Waals surface area contributed by atoms with Crippen LogP contribution in [-0.4, -0.2) is 38.5 Å². The topological polar surface area (TPSA) is 108 Å². The van der Waals surface area contributed by atoms with Crippen molar-refractivity contribution >= 4 is 17.9 Å². The summed E-state index contributed by atoms with van der Waals surface area (Å²) in [6.07, 6.45) is -1.63. The molecule has 0 saturated carbocycles. The second-order valence-corrected chi connectivity index (χ2v) is 4.16. The van der Waals surface area contributed by atoms with Crippen LogP contribution in [-0.2, 0) is 9.47 Å². The number of hydrogen-bond donors (Lipinski definition) is 2. The van der Waals surface area contributed by atoms with Gasteiger partial charge in [-0.15, -0.1) is 0 Å². The summed E-state index contributed by atoms with van der Waals surface area (Å²) < 4.78 is 9.43. The van der Waals surface area contributed by atoms with Crippen molar-refractivity contribution in [3.05, 3.63) is 29.8 Å². The van der Waals surface area contributed by atoms with Crippen LogP contribution in [0.5, 0.6) is 0 Å². The number of nitrogens with two attached hydrogens (primary N) is 2. The summed E-state index contributed by atoms with van der Waals surface area (Å²) in [6.45, 7) is 3.16. The monoisotopic (exact) mass is 281 g/mol. The molecule has 2 amide bonds.